The van der Waals surface area contributed by atoms with Gasteiger partial charge in [0.1, 0.15) is 0 Å². The van der Waals surface area contributed by atoms with Crippen LogP contribution in [0.5, 0.6) is 0 Å². The number of hydrogen-bond acceptors (Lipinski definition) is 2. The van der Waals surface area contributed by atoms with Crippen molar-refractivity contribution in [2.75, 3.05) is 6.54 Å². The van der Waals surface area contributed by atoms with E-state index < -0.39 is 0 Å². The average molecular weight is 212 g/mol. The molecule has 0 bridgehead atoms. The van der Waals surface area contributed by atoms with E-state index in [9.17, 15) is 0 Å². The van der Waals surface area contributed by atoms with Crippen LogP contribution < -0.4 is 5.32 Å². The van der Waals surface area contributed by atoms with Gasteiger partial charge in [0.05, 0.1) is 5.69 Å². The predicted molar refractivity (Wildman–Crippen MR) is 67.1 cm³/mol. The summed E-state index contributed by atoms with van der Waals surface area (Å²) in [6.07, 6.45) is 1.83. The summed E-state index contributed by atoms with van der Waals surface area (Å²) in [5.74, 6) is 0. The van der Waals surface area contributed by atoms with Gasteiger partial charge in [0.25, 0.3) is 0 Å². The van der Waals surface area contributed by atoms with E-state index in [2.05, 4.69) is 41.5 Å². The number of rotatable bonds is 4. The molecule has 0 aliphatic rings. The molecule has 1 heterocycles. The predicted octanol–water partition coefficient (Wildman–Crippen LogP) is 2.86. The fourth-order valence-electron chi connectivity index (χ4n) is 1.71. The molecule has 1 N–H and O–H groups in total. The molecule has 0 radical (unpaired) electrons. The van der Waals surface area contributed by atoms with Crippen LogP contribution in [0.4, 0.5) is 0 Å². The minimum atomic E-state index is 0.892. The molecule has 82 valence electrons. The molecule has 0 fully saturated rings. The second kappa shape index (κ2) is 5.42. The summed E-state index contributed by atoms with van der Waals surface area (Å²) < 4.78 is 0. The van der Waals surface area contributed by atoms with Crippen molar-refractivity contribution in [3.63, 3.8) is 0 Å². The normalized spacial score (nSPS) is 10.3. The molecule has 0 amide bonds. The number of pyridine rings is 1. The van der Waals surface area contributed by atoms with E-state index in [0.717, 1.165) is 18.8 Å². The van der Waals surface area contributed by atoms with Crippen LogP contribution in [-0.2, 0) is 6.54 Å². The summed E-state index contributed by atoms with van der Waals surface area (Å²) in [5.41, 5.74) is 3.54. The first-order valence-corrected chi connectivity index (χ1v) is 5.62. The van der Waals surface area contributed by atoms with Crippen LogP contribution in [0.3, 0.4) is 0 Å². The van der Waals surface area contributed by atoms with Crippen molar-refractivity contribution in [2.24, 2.45) is 0 Å². The Morgan fingerprint density at radius 2 is 1.88 bits per heavy atom. The van der Waals surface area contributed by atoms with Crippen molar-refractivity contribution in [2.45, 2.75) is 13.5 Å². The lowest BCUT2D eigenvalue weighted by atomic mass is 10.0. The van der Waals surface area contributed by atoms with E-state index >= 15 is 0 Å². The zero-order chi connectivity index (χ0) is 11.2. The van der Waals surface area contributed by atoms with E-state index in [1.165, 1.54) is 11.1 Å². The minimum Gasteiger partial charge on any atom is -0.313 e. The van der Waals surface area contributed by atoms with Gasteiger partial charge in [-0.15, -0.1) is 0 Å². The van der Waals surface area contributed by atoms with E-state index in [4.69, 9.17) is 0 Å². The maximum atomic E-state index is 4.39. The minimum absolute atomic E-state index is 0.892. The summed E-state index contributed by atoms with van der Waals surface area (Å²) in [5, 5.41) is 3.35. The van der Waals surface area contributed by atoms with Crippen LogP contribution in [0.2, 0.25) is 0 Å². The fraction of sp³-hybridized carbons (Fsp3) is 0.214. The first-order valence-electron chi connectivity index (χ1n) is 5.62. The van der Waals surface area contributed by atoms with E-state index in [0.29, 0.717) is 0 Å². The van der Waals surface area contributed by atoms with Crippen molar-refractivity contribution < 1.29 is 0 Å². The first-order chi connectivity index (χ1) is 7.92. The third-order valence-corrected chi connectivity index (χ3v) is 2.52. The Balaban J connectivity index is 2.33. The highest BCUT2D eigenvalue weighted by Crippen LogP contribution is 2.20. The Morgan fingerprint density at radius 3 is 2.62 bits per heavy atom. The van der Waals surface area contributed by atoms with Gasteiger partial charge in [0.2, 0.25) is 0 Å². The SMILES string of the molecule is CCNCc1ccccc1-c1ccccn1. The Labute approximate surface area is 96.4 Å². The number of nitrogens with one attached hydrogen (secondary N) is 1. The van der Waals surface area contributed by atoms with Gasteiger partial charge in [-0.3, -0.25) is 4.98 Å². The van der Waals surface area contributed by atoms with Crippen molar-refractivity contribution >= 4 is 0 Å². The highest BCUT2D eigenvalue weighted by Gasteiger charge is 2.03. The van der Waals surface area contributed by atoms with Crippen molar-refractivity contribution in [3.05, 3.63) is 54.2 Å². The molecule has 0 unspecified atom stereocenters. The zero-order valence-corrected chi connectivity index (χ0v) is 9.48. The Kier molecular flexibility index (Phi) is 3.67. The lowest BCUT2D eigenvalue weighted by Gasteiger charge is -2.08. The van der Waals surface area contributed by atoms with Gasteiger partial charge in [-0.2, -0.15) is 0 Å². The third kappa shape index (κ3) is 2.47. The van der Waals surface area contributed by atoms with Gasteiger partial charge >= 0.3 is 0 Å². The van der Waals surface area contributed by atoms with Crippen LogP contribution in [0, 0.1) is 0 Å². The van der Waals surface area contributed by atoms with Gasteiger partial charge < -0.3 is 5.32 Å². The van der Waals surface area contributed by atoms with Crippen molar-refractivity contribution in [3.8, 4) is 11.3 Å². The highest BCUT2D eigenvalue weighted by atomic mass is 14.8. The van der Waals surface area contributed by atoms with Gasteiger partial charge in [0.15, 0.2) is 0 Å². The molecule has 2 nitrogen and oxygen atoms in total. The molecule has 0 atom stereocenters. The lowest BCUT2D eigenvalue weighted by molar-refractivity contribution is 0.727. The molecule has 0 aliphatic carbocycles. The molecular formula is C14H16N2. The van der Waals surface area contributed by atoms with Crippen LogP contribution in [0.15, 0.2) is 48.7 Å². The molecule has 1 aromatic carbocycles. The second-order valence-electron chi connectivity index (χ2n) is 3.65. The Bertz CT molecular complexity index is 437. The summed E-state index contributed by atoms with van der Waals surface area (Å²) in [7, 11) is 0. The van der Waals surface area contributed by atoms with Crippen LogP contribution >= 0.6 is 0 Å². The molecule has 0 aliphatic heterocycles. The van der Waals surface area contributed by atoms with Gasteiger partial charge in [0, 0.05) is 18.3 Å². The van der Waals surface area contributed by atoms with Crippen LogP contribution in [-0.4, -0.2) is 11.5 Å². The Hall–Kier alpha value is -1.67. The molecule has 2 rings (SSSR count). The Morgan fingerprint density at radius 1 is 1.06 bits per heavy atom. The van der Waals surface area contributed by atoms with E-state index in [1.807, 2.05) is 24.4 Å². The monoisotopic (exact) mass is 212 g/mol. The average Bonchev–Trinajstić information content (AvgIpc) is 2.38. The molecular weight excluding hydrogens is 196 g/mol. The largest absolute Gasteiger partial charge is 0.313 e. The third-order valence-electron chi connectivity index (χ3n) is 2.52. The molecule has 16 heavy (non-hydrogen) atoms. The van der Waals surface area contributed by atoms with Gasteiger partial charge in [-0.1, -0.05) is 37.3 Å². The van der Waals surface area contributed by atoms with Crippen molar-refractivity contribution in [1.29, 1.82) is 0 Å². The first kappa shape index (κ1) is 10.8. The number of nitrogens with zero attached hydrogens (tertiary/aromatic N) is 1. The summed E-state index contributed by atoms with van der Waals surface area (Å²) in [6.45, 7) is 3.99. The molecule has 1 aromatic heterocycles. The quantitative estimate of drug-likeness (QED) is 0.843. The van der Waals surface area contributed by atoms with Crippen LogP contribution in [0.25, 0.3) is 11.3 Å². The topological polar surface area (TPSA) is 24.9 Å². The number of benzene rings is 1. The zero-order valence-electron chi connectivity index (χ0n) is 9.48. The standard InChI is InChI=1S/C14H16N2/c1-2-15-11-12-7-3-4-8-13(12)14-9-5-6-10-16-14/h3-10,15H,2,11H2,1H3. The molecule has 0 saturated heterocycles. The maximum absolute atomic E-state index is 4.39. The summed E-state index contributed by atoms with van der Waals surface area (Å²) in [6, 6.07) is 14.4. The molecule has 0 saturated carbocycles. The van der Waals surface area contributed by atoms with Gasteiger partial charge in [-0.25, -0.2) is 0 Å². The molecule has 2 heteroatoms. The van der Waals surface area contributed by atoms with E-state index in [1.54, 1.807) is 0 Å². The maximum Gasteiger partial charge on any atom is 0.0705 e. The highest BCUT2D eigenvalue weighted by molar-refractivity contribution is 5.63. The molecule has 2 aromatic rings. The summed E-state index contributed by atoms with van der Waals surface area (Å²) in [4.78, 5) is 4.39. The number of hydrogen-bond donors (Lipinski definition) is 1. The lowest BCUT2D eigenvalue weighted by Crippen LogP contribution is -2.12. The van der Waals surface area contributed by atoms with Gasteiger partial charge in [-0.05, 0) is 24.2 Å². The fourth-order valence-corrected chi connectivity index (χ4v) is 1.71. The smallest absolute Gasteiger partial charge is 0.0705 e. The molecule has 0 spiro atoms. The summed E-state index contributed by atoms with van der Waals surface area (Å²) >= 11 is 0. The van der Waals surface area contributed by atoms with Crippen molar-refractivity contribution in [1.82, 2.24) is 10.3 Å². The van der Waals surface area contributed by atoms with E-state index in [-0.39, 0.29) is 0 Å². The van der Waals surface area contributed by atoms with Crippen LogP contribution in [0.1, 0.15) is 12.5 Å². The second-order valence-corrected chi connectivity index (χ2v) is 3.65. The number of aromatic nitrogens is 1.